The summed E-state index contributed by atoms with van der Waals surface area (Å²) in [6.07, 6.45) is 3.80. The Morgan fingerprint density at radius 3 is 2.20 bits per heavy atom. The van der Waals surface area contributed by atoms with Gasteiger partial charge >= 0.3 is 0 Å². The van der Waals surface area contributed by atoms with E-state index >= 15 is 0 Å². The van der Waals surface area contributed by atoms with Crippen molar-refractivity contribution in [1.82, 2.24) is 0 Å². The van der Waals surface area contributed by atoms with Crippen molar-refractivity contribution in [2.45, 2.75) is 36.6 Å². The van der Waals surface area contributed by atoms with Gasteiger partial charge in [-0.1, -0.05) is 6.07 Å². The number of benzene rings is 1. The van der Waals surface area contributed by atoms with Crippen molar-refractivity contribution < 1.29 is 8.78 Å². The number of rotatable bonds is 2. The van der Waals surface area contributed by atoms with Crippen molar-refractivity contribution in [3.63, 3.8) is 0 Å². The van der Waals surface area contributed by atoms with E-state index in [-0.39, 0.29) is 11.0 Å². The van der Waals surface area contributed by atoms with E-state index in [2.05, 4.69) is 0 Å². The maximum atomic E-state index is 13.6. The Morgan fingerprint density at radius 2 is 1.73 bits per heavy atom. The van der Waals surface area contributed by atoms with Crippen LogP contribution in [-0.2, 0) is 5.41 Å². The second-order valence-corrected chi connectivity index (χ2v) is 4.86. The highest BCUT2D eigenvalue weighted by Gasteiger charge is 2.64. The monoisotopic (exact) mass is 209 g/mol. The molecule has 0 saturated heterocycles. The fourth-order valence-corrected chi connectivity index (χ4v) is 2.65. The first-order chi connectivity index (χ1) is 7.07. The summed E-state index contributed by atoms with van der Waals surface area (Å²) < 4.78 is 26.4. The zero-order chi connectivity index (χ0) is 10.7. The molecule has 3 heteroatoms. The molecule has 0 atom stereocenters. The van der Waals surface area contributed by atoms with Crippen LogP contribution in [0.3, 0.4) is 0 Å². The second-order valence-electron chi connectivity index (χ2n) is 4.86. The zero-order valence-corrected chi connectivity index (χ0v) is 8.39. The molecule has 0 aromatic heterocycles. The third-order valence-corrected chi connectivity index (χ3v) is 3.94. The molecule has 0 radical (unpaired) electrons. The van der Waals surface area contributed by atoms with Crippen molar-refractivity contribution in [3.05, 3.63) is 35.4 Å². The Hall–Kier alpha value is -0.960. The Labute approximate surface area is 87.3 Å². The maximum Gasteiger partial charge on any atom is 0.129 e. The summed E-state index contributed by atoms with van der Waals surface area (Å²) in [4.78, 5) is 0. The summed E-state index contributed by atoms with van der Waals surface area (Å²) in [7, 11) is 0. The van der Waals surface area contributed by atoms with Gasteiger partial charge in [0.1, 0.15) is 11.6 Å². The Bertz CT molecular complexity index is 420. The molecule has 2 N–H and O–H groups in total. The van der Waals surface area contributed by atoms with Crippen molar-refractivity contribution in [2.75, 3.05) is 0 Å². The fraction of sp³-hybridized carbons (Fsp3) is 0.500. The predicted molar refractivity (Wildman–Crippen MR) is 53.4 cm³/mol. The van der Waals surface area contributed by atoms with Crippen molar-refractivity contribution in [3.8, 4) is 0 Å². The molecule has 1 aromatic carbocycles. The van der Waals surface area contributed by atoms with Gasteiger partial charge in [-0.2, -0.15) is 0 Å². The maximum absolute atomic E-state index is 13.6. The first-order valence-corrected chi connectivity index (χ1v) is 5.32. The van der Waals surface area contributed by atoms with Gasteiger partial charge < -0.3 is 5.73 Å². The van der Waals surface area contributed by atoms with Gasteiger partial charge in [0.15, 0.2) is 0 Å². The smallest absolute Gasteiger partial charge is 0.129 e. The molecule has 0 bridgehead atoms. The molecule has 2 aliphatic rings. The molecule has 0 amide bonds. The minimum Gasteiger partial charge on any atom is -0.324 e. The number of hydrogen-bond donors (Lipinski definition) is 1. The van der Waals surface area contributed by atoms with Crippen LogP contribution in [-0.4, -0.2) is 5.54 Å². The van der Waals surface area contributed by atoms with Crippen LogP contribution >= 0.6 is 0 Å². The summed E-state index contributed by atoms with van der Waals surface area (Å²) in [6.45, 7) is 0. The SMILES string of the molecule is NC1(C2(c3ccc(F)cc3F)CC2)CC1. The molecular weight excluding hydrogens is 196 g/mol. The van der Waals surface area contributed by atoms with Crippen LogP contribution in [0, 0.1) is 11.6 Å². The van der Waals surface area contributed by atoms with Gasteiger partial charge in [0.25, 0.3) is 0 Å². The molecule has 2 aliphatic carbocycles. The molecule has 2 fully saturated rings. The van der Waals surface area contributed by atoms with Gasteiger partial charge in [-0.05, 0) is 37.3 Å². The van der Waals surface area contributed by atoms with Crippen molar-refractivity contribution in [1.29, 1.82) is 0 Å². The lowest BCUT2D eigenvalue weighted by Crippen LogP contribution is -2.37. The van der Waals surface area contributed by atoms with E-state index in [1.165, 1.54) is 6.07 Å². The summed E-state index contributed by atoms with van der Waals surface area (Å²) in [6, 6.07) is 3.84. The van der Waals surface area contributed by atoms with Crippen LogP contribution in [0.5, 0.6) is 0 Å². The molecule has 2 saturated carbocycles. The van der Waals surface area contributed by atoms with Gasteiger partial charge in [0, 0.05) is 17.0 Å². The van der Waals surface area contributed by atoms with E-state index < -0.39 is 11.6 Å². The normalized spacial score (nSPS) is 25.0. The van der Waals surface area contributed by atoms with Gasteiger partial charge in [-0.3, -0.25) is 0 Å². The quantitative estimate of drug-likeness (QED) is 0.795. The molecule has 1 aromatic rings. The Balaban J connectivity index is 2.06. The molecule has 0 spiro atoms. The lowest BCUT2D eigenvalue weighted by molar-refractivity contribution is 0.469. The minimum atomic E-state index is -0.520. The molecule has 0 aliphatic heterocycles. The molecular formula is C12H13F2N. The van der Waals surface area contributed by atoms with Gasteiger partial charge in [0.05, 0.1) is 0 Å². The Morgan fingerprint density at radius 1 is 1.07 bits per heavy atom. The van der Waals surface area contributed by atoms with E-state index in [0.29, 0.717) is 5.56 Å². The molecule has 15 heavy (non-hydrogen) atoms. The topological polar surface area (TPSA) is 26.0 Å². The molecule has 80 valence electrons. The van der Waals surface area contributed by atoms with Crippen LogP contribution in [0.1, 0.15) is 31.2 Å². The van der Waals surface area contributed by atoms with Gasteiger partial charge in [0.2, 0.25) is 0 Å². The van der Waals surface area contributed by atoms with Crippen LogP contribution in [0.2, 0.25) is 0 Å². The minimum absolute atomic E-state index is 0.190. The van der Waals surface area contributed by atoms with E-state index in [0.717, 1.165) is 31.7 Å². The van der Waals surface area contributed by atoms with Crippen LogP contribution in [0.25, 0.3) is 0 Å². The molecule has 0 heterocycles. The Kier molecular flexibility index (Phi) is 1.60. The van der Waals surface area contributed by atoms with Crippen LogP contribution in [0.15, 0.2) is 18.2 Å². The first kappa shape index (κ1) is 9.28. The second kappa shape index (κ2) is 2.59. The summed E-state index contributed by atoms with van der Waals surface area (Å²) >= 11 is 0. The first-order valence-electron chi connectivity index (χ1n) is 5.32. The zero-order valence-electron chi connectivity index (χ0n) is 8.39. The average molecular weight is 209 g/mol. The third kappa shape index (κ3) is 1.16. The standard InChI is InChI=1S/C12H13F2N/c13-8-1-2-9(10(14)7-8)11(3-4-11)12(15)5-6-12/h1-2,7H,3-6,15H2. The van der Waals surface area contributed by atoms with E-state index in [9.17, 15) is 8.78 Å². The molecule has 1 nitrogen and oxygen atoms in total. The summed E-state index contributed by atoms with van der Waals surface area (Å²) in [5.41, 5.74) is 6.37. The number of hydrogen-bond acceptors (Lipinski definition) is 1. The molecule has 0 unspecified atom stereocenters. The highest BCUT2D eigenvalue weighted by molar-refractivity contribution is 5.41. The van der Waals surface area contributed by atoms with Gasteiger partial charge in [-0.15, -0.1) is 0 Å². The number of nitrogens with two attached hydrogens (primary N) is 1. The van der Waals surface area contributed by atoms with Crippen LogP contribution < -0.4 is 5.73 Å². The van der Waals surface area contributed by atoms with E-state index in [4.69, 9.17) is 5.73 Å². The van der Waals surface area contributed by atoms with E-state index in [1.54, 1.807) is 6.07 Å². The van der Waals surface area contributed by atoms with Crippen LogP contribution in [0.4, 0.5) is 8.78 Å². The number of halogens is 2. The van der Waals surface area contributed by atoms with Gasteiger partial charge in [-0.25, -0.2) is 8.78 Å². The lowest BCUT2D eigenvalue weighted by Gasteiger charge is -2.23. The largest absolute Gasteiger partial charge is 0.324 e. The fourth-order valence-electron chi connectivity index (χ4n) is 2.65. The average Bonchev–Trinajstić information content (AvgIpc) is 3.01. The van der Waals surface area contributed by atoms with Crippen molar-refractivity contribution >= 4 is 0 Å². The predicted octanol–water partition coefficient (Wildman–Crippen LogP) is 2.49. The summed E-state index contributed by atoms with van der Waals surface area (Å²) in [5.74, 6) is -0.960. The molecule has 3 rings (SSSR count). The van der Waals surface area contributed by atoms with Crippen molar-refractivity contribution in [2.24, 2.45) is 5.73 Å². The lowest BCUT2D eigenvalue weighted by atomic mass is 9.86. The third-order valence-electron chi connectivity index (χ3n) is 3.94. The summed E-state index contributed by atoms with van der Waals surface area (Å²) in [5, 5.41) is 0. The van der Waals surface area contributed by atoms with E-state index in [1.807, 2.05) is 0 Å². The highest BCUT2D eigenvalue weighted by atomic mass is 19.1. The highest BCUT2D eigenvalue weighted by Crippen LogP contribution is 2.63.